The third-order valence-electron chi connectivity index (χ3n) is 4.68. The zero-order valence-electron chi connectivity index (χ0n) is 14.9. The molecule has 0 spiro atoms. The molecule has 1 fully saturated rings. The van der Waals surface area contributed by atoms with Crippen LogP contribution in [-0.4, -0.2) is 26.7 Å². The van der Waals surface area contributed by atoms with E-state index < -0.39 is 0 Å². The van der Waals surface area contributed by atoms with E-state index in [2.05, 4.69) is 32.0 Å². The second-order valence-corrected chi connectivity index (χ2v) is 7.37. The second kappa shape index (κ2) is 6.92. The number of benzene rings is 1. The summed E-state index contributed by atoms with van der Waals surface area (Å²) in [4.78, 5) is 26.6. The number of carbonyl (C=O) groups excluding carboxylic acids is 2. The fraction of sp³-hybridized carbons (Fsp3) is 0.300. The second-order valence-electron chi connectivity index (χ2n) is 6.38. The van der Waals surface area contributed by atoms with Crippen LogP contribution in [0.1, 0.15) is 37.1 Å². The Hall–Kier alpha value is -2.27. The summed E-state index contributed by atoms with van der Waals surface area (Å²) in [5.41, 5.74) is 4.39. The predicted molar refractivity (Wildman–Crippen MR) is 103 cm³/mol. The molecule has 4 nitrogen and oxygen atoms in total. The van der Waals surface area contributed by atoms with Gasteiger partial charge in [-0.3, -0.25) is 14.5 Å². The first kappa shape index (κ1) is 17.5. The lowest BCUT2D eigenvalue weighted by molar-refractivity contribution is -0.124. The zero-order valence-corrected chi connectivity index (χ0v) is 15.8. The van der Waals surface area contributed by atoms with E-state index >= 15 is 0 Å². The van der Waals surface area contributed by atoms with Gasteiger partial charge in [0.1, 0.15) is 0 Å². The lowest BCUT2D eigenvalue weighted by Gasteiger charge is -2.19. The molecule has 0 bridgehead atoms. The normalized spacial score (nSPS) is 17.6. The molecule has 1 aromatic carbocycles. The van der Waals surface area contributed by atoms with Crippen LogP contribution in [0.25, 0.3) is 11.8 Å². The van der Waals surface area contributed by atoms with Gasteiger partial charge in [0, 0.05) is 23.6 Å². The van der Waals surface area contributed by atoms with Gasteiger partial charge in [-0.1, -0.05) is 13.0 Å². The van der Waals surface area contributed by atoms with Crippen LogP contribution >= 0.6 is 11.8 Å². The third kappa shape index (κ3) is 3.29. The van der Waals surface area contributed by atoms with Crippen molar-refractivity contribution in [3.63, 3.8) is 0 Å². The molecular formula is C20H22N2O2S. The van der Waals surface area contributed by atoms with Crippen LogP contribution in [0.5, 0.6) is 0 Å². The van der Waals surface area contributed by atoms with Crippen molar-refractivity contribution in [2.75, 3.05) is 0 Å². The van der Waals surface area contributed by atoms with Gasteiger partial charge >= 0.3 is 0 Å². The molecule has 130 valence electrons. The highest BCUT2D eigenvalue weighted by molar-refractivity contribution is 8.18. The summed E-state index contributed by atoms with van der Waals surface area (Å²) in [6.07, 6.45) is 4.53. The molecule has 1 saturated heterocycles. The number of aromatic nitrogens is 1. The Morgan fingerprint density at radius 1 is 1.16 bits per heavy atom. The van der Waals surface area contributed by atoms with Crippen molar-refractivity contribution in [2.45, 2.75) is 40.2 Å². The van der Waals surface area contributed by atoms with Gasteiger partial charge in [-0.2, -0.15) is 0 Å². The molecule has 2 amide bonds. The molecule has 1 aliphatic heterocycles. The molecule has 5 heteroatoms. The maximum absolute atomic E-state index is 12.6. The highest BCUT2D eigenvalue weighted by atomic mass is 32.2. The fourth-order valence-corrected chi connectivity index (χ4v) is 3.71. The van der Waals surface area contributed by atoms with Gasteiger partial charge < -0.3 is 4.57 Å². The Labute approximate surface area is 152 Å². The van der Waals surface area contributed by atoms with Crippen molar-refractivity contribution < 1.29 is 9.59 Å². The monoisotopic (exact) mass is 354 g/mol. The molecular weight excluding hydrogens is 332 g/mol. The fourth-order valence-electron chi connectivity index (χ4n) is 2.80. The first-order valence-corrected chi connectivity index (χ1v) is 9.26. The summed E-state index contributed by atoms with van der Waals surface area (Å²) >= 11 is 1.02. The van der Waals surface area contributed by atoms with Gasteiger partial charge in [-0.25, -0.2) is 0 Å². The van der Waals surface area contributed by atoms with E-state index in [1.807, 2.05) is 42.8 Å². The van der Waals surface area contributed by atoms with Crippen molar-refractivity contribution in [3.05, 3.63) is 58.3 Å². The molecule has 0 radical (unpaired) electrons. The number of hydrogen-bond donors (Lipinski definition) is 0. The van der Waals surface area contributed by atoms with E-state index in [4.69, 9.17) is 0 Å². The molecule has 0 saturated carbocycles. The molecule has 0 aliphatic carbocycles. The molecule has 1 aromatic heterocycles. The van der Waals surface area contributed by atoms with Gasteiger partial charge in [-0.05, 0) is 80.4 Å². The summed E-state index contributed by atoms with van der Waals surface area (Å²) < 4.78 is 2.03. The lowest BCUT2D eigenvalue weighted by Crippen LogP contribution is -2.36. The molecule has 1 atom stereocenters. The van der Waals surface area contributed by atoms with Crippen molar-refractivity contribution in [1.82, 2.24) is 9.47 Å². The molecule has 25 heavy (non-hydrogen) atoms. The smallest absolute Gasteiger partial charge is 0.293 e. The molecule has 1 aliphatic rings. The van der Waals surface area contributed by atoms with E-state index in [0.717, 1.165) is 29.6 Å². The van der Waals surface area contributed by atoms with Gasteiger partial charge in [0.15, 0.2) is 0 Å². The van der Waals surface area contributed by atoms with Crippen LogP contribution in [0.2, 0.25) is 0 Å². The van der Waals surface area contributed by atoms with E-state index in [1.54, 1.807) is 0 Å². The number of aryl methyl sites for hydroxylation is 2. The SMILES string of the molecule is CC[C@H](C)N1C(=O)S/C(=C/c2cccn2-c2ccc(C)c(C)c2)C1=O. The van der Waals surface area contributed by atoms with E-state index in [-0.39, 0.29) is 17.2 Å². The maximum atomic E-state index is 12.6. The minimum atomic E-state index is -0.197. The van der Waals surface area contributed by atoms with Gasteiger partial charge in [0.05, 0.1) is 4.91 Å². The topological polar surface area (TPSA) is 42.3 Å². The minimum Gasteiger partial charge on any atom is -0.317 e. The Morgan fingerprint density at radius 2 is 1.92 bits per heavy atom. The number of hydrogen-bond acceptors (Lipinski definition) is 3. The first-order chi connectivity index (χ1) is 11.9. The van der Waals surface area contributed by atoms with Crippen LogP contribution in [0.3, 0.4) is 0 Å². The number of thioether (sulfide) groups is 1. The summed E-state index contributed by atoms with van der Waals surface area (Å²) in [7, 11) is 0. The van der Waals surface area contributed by atoms with Crippen LogP contribution in [-0.2, 0) is 4.79 Å². The third-order valence-corrected chi connectivity index (χ3v) is 5.57. The summed E-state index contributed by atoms with van der Waals surface area (Å²) in [6, 6.07) is 10.1. The van der Waals surface area contributed by atoms with Crippen LogP contribution < -0.4 is 0 Å². The number of carbonyl (C=O) groups is 2. The summed E-state index contributed by atoms with van der Waals surface area (Å²) in [6.45, 7) is 8.04. The Balaban J connectivity index is 1.96. The Kier molecular flexibility index (Phi) is 4.86. The Bertz CT molecular complexity index is 866. The molecule has 2 aromatic rings. The molecule has 3 rings (SSSR count). The minimum absolute atomic E-state index is 0.0788. The van der Waals surface area contributed by atoms with Crippen LogP contribution in [0, 0.1) is 13.8 Å². The van der Waals surface area contributed by atoms with Gasteiger partial charge in [0.2, 0.25) is 0 Å². The largest absolute Gasteiger partial charge is 0.317 e. The zero-order chi connectivity index (χ0) is 18.1. The summed E-state index contributed by atoms with van der Waals surface area (Å²) in [5.74, 6) is -0.197. The first-order valence-electron chi connectivity index (χ1n) is 8.44. The van der Waals surface area contributed by atoms with E-state index in [9.17, 15) is 9.59 Å². The maximum Gasteiger partial charge on any atom is 0.293 e. The highest BCUT2D eigenvalue weighted by Crippen LogP contribution is 2.34. The van der Waals surface area contributed by atoms with Crippen LogP contribution in [0.15, 0.2) is 41.4 Å². The average molecular weight is 354 g/mol. The van der Waals surface area contributed by atoms with Crippen molar-refractivity contribution in [3.8, 4) is 5.69 Å². The van der Waals surface area contributed by atoms with Gasteiger partial charge in [-0.15, -0.1) is 0 Å². The standard InChI is InChI=1S/C20H22N2O2S/c1-5-15(4)22-19(23)18(25-20(22)24)12-16-7-6-10-21(16)17-9-8-13(2)14(3)11-17/h6-12,15H,5H2,1-4H3/b18-12+/t15-/m0/s1. The molecule has 0 unspecified atom stereocenters. The van der Waals surface area contributed by atoms with Crippen molar-refractivity contribution >= 4 is 29.0 Å². The molecule has 2 heterocycles. The lowest BCUT2D eigenvalue weighted by atomic mass is 10.1. The van der Waals surface area contributed by atoms with Crippen molar-refractivity contribution in [2.24, 2.45) is 0 Å². The number of amides is 2. The predicted octanol–water partition coefficient (Wildman–Crippen LogP) is 4.93. The average Bonchev–Trinajstić information content (AvgIpc) is 3.15. The number of imide groups is 1. The van der Waals surface area contributed by atoms with E-state index in [1.165, 1.54) is 16.0 Å². The molecule has 0 N–H and O–H groups in total. The highest BCUT2D eigenvalue weighted by Gasteiger charge is 2.37. The van der Waals surface area contributed by atoms with Gasteiger partial charge in [0.25, 0.3) is 11.1 Å². The number of rotatable bonds is 4. The summed E-state index contributed by atoms with van der Waals surface area (Å²) in [5, 5.41) is -0.185. The quantitative estimate of drug-likeness (QED) is 0.731. The Morgan fingerprint density at radius 3 is 2.60 bits per heavy atom. The van der Waals surface area contributed by atoms with Crippen LogP contribution in [0.4, 0.5) is 4.79 Å². The van der Waals surface area contributed by atoms with E-state index in [0.29, 0.717) is 4.91 Å². The number of nitrogens with zero attached hydrogens (tertiary/aromatic N) is 2. The van der Waals surface area contributed by atoms with Crippen molar-refractivity contribution in [1.29, 1.82) is 0 Å².